The molecule has 0 saturated carbocycles. The summed E-state index contributed by atoms with van der Waals surface area (Å²) in [6, 6.07) is 0. The summed E-state index contributed by atoms with van der Waals surface area (Å²) >= 11 is 0. The zero-order chi connectivity index (χ0) is 6.50. The summed E-state index contributed by atoms with van der Waals surface area (Å²) in [5.74, 6) is 0. The van der Waals surface area contributed by atoms with E-state index in [2.05, 4.69) is 21.4 Å². The van der Waals surface area contributed by atoms with Crippen LogP contribution in [-0.2, 0) is 8.26 Å². The van der Waals surface area contributed by atoms with Crippen molar-refractivity contribution in [2.24, 2.45) is 0 Å². The highest BCUT2D eigenvalue weighted by Gasteiger charge is 1.88. The molecule has 0 aromatic carbocycles. The van der Waals surface area contributed by atoms with E-state index in [1.165, 1.54) is 0 Å². The van der Waals surface area contributed by atoms with E-state index in [4.69, 9.17) is 13.5 Å². The monoisotopic (exact) mass is 166 g/mol. The molecule has 3 nitrogen and oxygen atoms in total. The van der Waals surface area contributed by atoms with Crippen molar-refractivity contribution >= 4 is 29.6 Å². The van der Waals surface area contributed by atoms with Crippen LogP contribution in [0.2, 0.25) is 0 Å². The maximum Gasteiger partial charge on any atom is 0.317 e. The maximum atomic E-state index is 9.16. The lowest BCUT2D eigenvalue weighted by molar-refractivity contribution is 0.399. The van der Waals surface area contributed by atoms with Crippen molar-refractivity contribution in [3.05, 3.63) is 0 Å². The first-order valence-corrected chi connectivity index (χ1v) is 4.22. The van der Waals surface area contributed by atoms with Crippen LogP contribution in [0.4, 0.5) is 0 Å². The van der Waals surface area contributed by atoms with Gasteiger partial charge in [0.05, 0.1) is 0 Å². The average molecular weight is 167 g/mol. The van der Waals surface area contributed by atoms with Crippen molar-refractivity contribution in [3.63, 3.8) is 0 Å². The van der Waals surface area contributed by atoms with E-state index in [-0.39, 0.29) is 0 Å². The van der Waals surface area contributed by atoms with Crippen molar-refractivity contribution in [1.29, 1.82) is 0 Å². The molecule has 0 heterocycles. The van der Waals surface area contributed by atoms with Crippen molar-refractivity contribution in [1.82, 2.24) is 0 Å². The summed E-state index contributed by atoms with van der Waals surface area (Å²) < 4.78 is 18.3. The van der Waals surface area contributed by atoms with Crippen LogP contribution in [0.1, 0.15) is 0 Å². The molecule has 0 aliphatic carbocycles. The zero-order valence-corrected chi connectivity index (χ0v) is 5.76. The Kier molecular flexibility index (Phi) is 6.94. The van der Waals surface area contributed by atoms with Crippen LogP contribution in [0.5, 0.6) is 0 Å². The Balaban J connectivity index is 0. The Morgan fingerprint density at radius 3 is 1.29 bits per heavy atom. The van der Waals surface area contributed by atoms with E-state index in [0.717, 1.165) is 7.11 Å². The molecule has 46 valence electrons. The minimum atomic E-state index is -3.72. The molecular weight excluding hydrogens is 163 g/mol. The van der Waals surface area contributed by atoms with Gasteiger partial charge in [-0.3, -0.25) is 0 Å². The molecule has 0 unspecified atom stereocenters. The van der Waals surface area contributed by atoms with Gasteiger partial charge >= 0.3 is 8.26 Å². The first-order chi connectivity index (χ1) is 3.00. The van der Waals surface area contributed by atoms with Gasteiger partial charge in [0.25, 0.3) is 0 Å². The third-order valence-corrected chi connectivity index (χ3v) is 0. The van der Waals surface area contributed by atoms with Gasteiger partial charge in [-0.25, -0.2) is 0 Å². The molecule has 0 bridgehead atoms. The van der Waals surface area contributed by atoms with Gasteiger partial charge < -0.3 is 5.11 Å². The molecule has 0 radical (unpaired) electrons. The highest BCUT2D eigenvalue weighted by Crippen LogP contribution is 1.98. The fourth-order valence-corrected chi connectivity index (χ4v) is 0. The number of hydrogen-bond acceptors (Lipinski definition) is 3. The molecule has 0 aliphatic rings. The van der Waals surface area contributed by atoms with Crippen molar-refractivity contribution < 1.29 is 13.5 Å². The summed E-state index contributed by atoms with van der Waals surface area (Å²) in [4.78, 5) is 0. The van der Waals surface area contributed by atoms with Gasteiger partial charge in [0, 0.05) is 28.5 Å². The molecule has 7 heavy (non-hydrogen) atoms. The van der Waals surface area contributed by atoms with E-state index in [9.17, 15) is 0 Å². The molecule has 0 fully saturated rings. The van der Waals surface area contributed by atoms with E-state index < -0.39 is 8.26 Å². The lowest BCUT2D eigenvalue weighted by Gasteiger charge is -1.61. The zero-order valence-electron chi connectivity index (χ0n) is 3.43. The second-order valence-corrected chi connectivity index (χ2v) is 4.05. The van der Waals surface area contributed by atoms with E-state index >= 15 is 0 Å². The second-order valence-electron chi connectivity index (χ2n) is 0.378. The van der Waals surface area contributed by atoms with Crippen LogP contribution in [0, 0.1) is 0 Å². The summed E-state index contributed by atoms with van der Waals surface area (Å²) in [6.45, 7) is 0. The van der Waals surface area contributed by atoms with Crippen molar-refractivity contribution in [2.45, 2.75) is 0 Å². The topological polar surface area (TPSA) is 54.4 Å². The third kappa shape index (κ3) is 545. The van der Waals surface area contributed by atoms with Crippen LogP contribution < -0.4 is 0 Å². The summed E-state index contributed by atoms with van der Waals surface area (Å²) in [5.41, 5.74) is 0. The van der Waals surface area contributed by atoms with Gasteiger partial charge in [0.1, 0.15) is 0 Å². The standard InChI is InChI=1S/CH4O.Cl2O2S/c1-2;1-5(2,3)4/h2H,1H3;. The molecule has 1 N–H and O–H groups in total. The minimum absolute atomic E-state index is 1.00. The Bertz CT molecular complexity index is 96.1. The minimum Gasteiger partial charge on any atom is -0.400 e. The first-order valence-electron chi connectivity index (χ1n) is 1.09. The molecule has 0 saturated heterocycles. The lowest BCUT2D eigenvalue weighted by Crippen LogP contribution is -1.63. The molecule has 0 rings (SSSR count). The number of aliphatic hydroxyl groups excluding tert-OH is 1. The average Bonchev–Trinajstić information content (AvgIpc) is 1.36. The van der Waals surface area contributed by atoms with Crippen LogP contribution in [0.25, 0.3) is 0 Å². The quantitative estimate of drug-likeness (QED) is 0.528. The second kappa shape index (κ2) is 4.64. The molecule has 0 spiro atoms. The SMILES string of the molecule is CO.O=S(=O)(Cl)Cl. The molecule has 0 aromatic heterocycles. The van der Waals surface area contributed by atoms with Gasteiger partial charge in [-0.2, -0.15) is 8.42 Å². The number of halogens is 2. The highest BCUT2D eigenvalue weighted by atomic mass is 36.0. The Morgan fingerprint density at radius 2 is 1.29 bits per heavy atom. The molecule has 0 aromatic rings. The van der Waals surface area contributed by atoms with Gasteiger partial charge in [-0.15, -0.1) is 0 Å². The molecule has 0 aliphatic heterocycles. The maximum absolute atomic E-state index is 9.16. The Hall–Kier alpha value is 0.490. The van der Waals surface area contributed by atoms with Crippen LogP contribution in [0.15, 0.2) is 0 Å². The van der Waals surface area contributed by atoms with Gasteiger partial charge in [0.15, 0.2) is 0 Å². The lowest BCUT2D eigenvalue weighted by atomic mass is 11.8. The predicted octanol–water partition coefficient (Wildman–Crippen LogP) is 0.317. The summed E-state index contributed by atoms with van der Waals surface area (Å²) in [6.07, 6.45) is 0. The number of aliphatic hydroxyl groups is 1. The first kappa shape index (κ1) is 10.5. The summed E-state index contributed by atoms with van der Waals surface area (Å²) in [5, 5.41) is 7.00. The fourth-order valence-electron chi connectivity index (χ4n) is 0. The molecule has 6 heteroatoms. The van der Waals surface area contributed by atoms with E-state index in [0.29, 0.717) is 0 Å². The van der Waals surface area contributed by atoms with E-state index in [1.54, 1.807) is 0 Å². The van der Waals surface area contributed by atoms with Crippen LogP contribution in [0.3, 0.4) is 0 Å². The smallest absolute Gasteiger partial charge is 0.317 e. The Morgan fingerprint density at radius 1 is 1.29 bits per heavy atom. The van der Waals surface area contributed by atoms with Crippen LogP contribution >= 0.6 is 21.4 Å². The van der Waals surface area contributed by atoms with Gasteiger partial charge in [-0.05, 0) is 0 Å². The molecule has 0 atom stereocenters. The van der Waals surface area contributed by atoms with Gasteiger partial charge in [-0.1, -0.05) is 0 Å². The van der Waals surface area contributed by atoms with Crippen LogP contribution in [-0.4, -0.2) is 20.6 Å². The third-order valence-electron chi connectivity index (χ3n) is 0. The normalized spacial score (nSPS) is 9.14. The van der Waals surface area contributed by atoms with E-state index in [1.807, 2.05) is 0 Å². The van der Waals surface area contributed by atoms with Crippen molar-refractivity contribution in [2.75, 3.05) is 7.11 Å². The fraction of sp³-hybridized carbons (Fsp3) is 1.00. The predicted molar refractivity (Wildman–Crippen MR) is 28.8 cm³/mol. The number of rotatable bonds is 0. The van der Waals surface area contributed by atoms with Crippen molar-refractivity contribution in [3.8, 4) is 0 Å². The highest BCUT2D eigenvalue weighted by molar-refractivity contribution is 8.31. The largest absolute Gasteiger partial charge is 0.400 e. The summed E-state index contributed by atoms with van der Waals surface area (Å²) in [7, 11) is 5.81. The molecular formula is CH4Cl2O3S. The van der Waals surface area contributed by atoms with Gasteiger partial charge in [0.2, 0.25) is 0 Å². The molecule has 0 amide bonds. The Labute approximate surface area is 50.8 Å². The number of hydrogen-bond donors (Lipinski definition) is 1.